The van der Waals surface area contributed by atoms with Gasteiger partial charge in [0.2, 0.25) is 0 Å². The fourth-order valence-corrected chi connectivity index (χ4v) is 3.49. The highest BCUT2D eigenvalue weighted by Gasteiger charge is 2.17. The second kappa shape index (κ2) is 5.91. The Labute approximate surface area is 114 Å². The lowest BCUT2D eigenvalue weighted by Crippen LogP contribution is -2.37. The van der Waals surface area contributed by atoms with Gasteiger partial charge in [0.05, 0.1) is 5.56 Å². The summed E-state index contributed by atoms with van der Waals surface area (Å²) in [7, 11) is 0. The summed E-state index contributed by atoms with van der Waals surface area (Å²) in [6.45, 7) is 0. The summed E-state index contributed by atoms with van der Waals surface area (Å²) < 4.78 is 1.02. The summed E-state index contributed by atoms with van der Waals surface area (Å²) in [6, 6.07) is 8.08. The second-order valence-corrected chi connectivity index (χ2v) is 6.23. The van der Waals surface area contributed by atoms with E-state index in [1.165, 1.54) is 0 Å². The number of halogens is 1. The molecule has 0 atom stereocenters. The van der Waals surface area contributed by atoms with Crippen LogP contribution in [-0.2, 0) is 0 Å². The van der Waals surface area contributed by atoms with E-state index >= 15 is 0 Å². The van der Waals surface area contributed by atoms with E-state index < -0.39 is 0 Å². The molecule has 1 aliphatic rings. The lowest BCUT2D eigenvalue weighted by Gasteiger charge is -2.22. The van der Waals surface area contributed by atoms with Crippen LogP contribution in [-0.4, -0.2) is 23.5 Å². The molecule has 16 heavy (non-hydrogen) atoms. The largest absolute Gasteiger partial charge is 0.349 e. The number of rotatable bonds is 2. The van der Waals surface area contributed by atoms with Crippen LogP contribution in [0.15, 0.2) is 24.3 Å². The zero-order valence-electron chi connectivity index (χ0n) is 8.91. The van der Waals surface area contributed by atoms with E-state index in [0.717, 1.165) is 33.5 Å². The van der Waals surface area contributed by atoms with Crippen LogP contribution in [0.1, 0.15) is 23.2 Å². The average Bonchev–Trinajstić information content (AvgIpc) is 2.31. The van der Waals surface area contributed by atoms with Crippen LogP contribution in [0.25, 0.3) is 0 Å². The van der Waals surface area contributed by atoms with Crippen molar-refractivity contribution >= 4 is 40.3 Å². The van der Waals surface area contributed by atoms with Crippen molar-refractivity contribution in [1.29, 1.82) is 0 Å². The molecule has 0 spiro atoms. The van der Waals surface area contributed by atoms with Gasteiger partial charge >= 0.3 is 0 Å². The molecule has 1 aliphatic heterocycles. The van der Waals surface area contributed by atoms with Crippen molar-refractivity contribution in [3.05, 3.63) is 33.4 Å². The van der Waals surface area contributed by atoms with E-state index in [0.29, 0.717) is 6.04 Å². The number of benzene rings is 1. The molecule has 0 aromatic heterocycles. The van der Waals surface area contributed by atoms with Crippen molar-refractivity contribution in [2.75, 3.05) is 11.5 Å². The van der Waals surface area contributed by atoms with Crippen LogP contribution in [0.2, 0.25) is 0 Å². The van der Waals surface area contributed by atoms with Gasteiger partial charge in [-0.2, -0.15) is 11.8 Å². The predicted molar refractivity (Wildman–Crippen MR) is 77.0 cm³/mol. The second-order valence-electron chi connectivity index (χ2n) is 3.84. The zero-order valence-corrected chi connectivity index (χ0v) is 11.9. The van der Waals surface area contributed by atoms with Gasteiger partial charge in [-0.15, -0.1) is 0 Å². The number of carbonyl (C=O) groups is 1. The van der Waals surface area contributed by atoms with E-state index in [-0.39, 0.29) is 5.91 Å². The minimum absolute atomic E-state index is 0.0712. The first kappa shape index (κ1) is 12.2. The lowest BCUT2D eigenvalue weighted by atomic mass is 10.1. The van der Waals surface area contributed by atoms with E-state index in [1.807, 2.05) is 36.0 Å². The third kappa shape index (κ3) is 3.13. The topological polar surface area (TPSA) is 29.1 Å². The molecule has 2 rings (SSSR count). The van der Waals surface area contributed by atoms with Gasteiger partial charge in [-0.1, -0.05) is 12.1 Å². The predicted octanol–water partition coefficient (Wildman–Crippen LogP) is 2.92. The Bertz CT molecular complexity index is 377. The molecule has 1 aromatic carbocycles. The fourth-order valence-electron chi connectivity index (χ4n) is 1.75. The van der Waals surface area contributed by atoms with Crippen molar-refractivity contribution < 1.29 is 4.79 Å². The highest BCUT2D eigenvalue weighted by molar-refractivity contribution is 14.1. The van der Waals surface area contributed by atoms with E-state index in [1.54, 1.807) is 0 Å². The Morgan fingerprint density at radius 3 is 2.69 bits per heavy atom. The molecule has 2 nitrogen and oxygen atoms in total. The molecular formula is C12H14INOS. The monoisotopic (exact) mass is 347 g/mol. The van der Waals surface area contributed by atoms with Crippen molar-refractivity contribution in [2.24, 2.45) is 0 Å². The van der Waals surface area contributed by atoms with Crippen LogP contribution < -0.4 is 5.32 Å². The maximum atomic E-state index is 12.0. The van der Waals surface area contributed by atoms with E-state index in [2.05, 4.69) is 27.9 Å². The van der Waals surface area contributed by atoms with Crippen LogP contribution >= 0.6 is 34.4 Å². The first-order valence-electron chi connectivity index (χ1n) is 5.40. The molecule has 1 saturated heterocycles. The zero-order chi connectivity index (χ0) is 11.4. The highest BCUT2D eigenvalue weighted by Crippen LogP contribution is 2.18. The van der Waals surface area contributed by atoms with Crippen LogP contribution in [0.4, 0.5) is 0 Å². The van der Waals surface area contributed by atoms with Gasteiger partial charge in [-0.3, -0.25) is 4.79 Å². The maximum Gasteiger partial charge on any atom is 0.252 e. The van der Waals surface area contributed by atoms with Gasteiger partial charge < -0.3 is 5.32 Å². The van der Waals surface area contributed by atoms with Crippen molar-refractivity contribution in [3.63, 3.8) is 0 Å². The fraction of sp³-hybridized carbons (Fsp3) is 0.417. The SMILES string of the molecule is O=C(NC1CCSCC1)c1ccccc1I. The van der Waals surface area contributed by atoms with Gasteiger partial charge in [0.25, 0.3) is 5.91 Å². The molecule has 0 radical (unpaired) electrons. The number of nitrogens with one attached hydrogen (secondary N) is 1. The summed E-state index contributed by atoms with van der Waals surface area (Å²) in [4.78, 5) is 12.0. The van der Waals surface area contributed by atoms with Crippen LogP contribution in [0.3, 0.4) is 0 Å². The summed E-state index contributed by atoms with van der Waals surface area (Å²) >= 11 is 4.18. The third-order valence-corrected chi connectivity index (χ3v) is 4.66. The summed E-state index contributed by atoms with van der Waals surface area (Å²) in [5.74, 6) is 2.40. The van der Waals surface area contributed by atoms with Crippen molar-refractivity contribution in [2.45, 2.75) is 18.9 Å². The van der Waals surface area contributed by atoms with Gasteiger partial charge in [-0.05, 0) is 59.1 Å². The van der Waals surface area contributed by atoms with Gasteiger partial charge in [0, 0.05) is 9.61 Å². The van der Waals surface area contributed by atoms with Gasteiger partial charge in [-0.25, -0.2) is 0 Å². The Kier molecular flexibility index (Phi) is 4.52. The molecule has 0 bridgehead atoms. The lowest BCUT2D eigenvalue weighted by molar-refractivity contribution is 0.0934. The smallest absolute Gasteiger partial charge is 0.252 e. The molecule has 1 N–H and O–H groups in total. The summed E-state index contributed by atoms with van der Waals surface area (Å²) in [6.07, 6.45) is 2.19. The van der Waals surface area contributed by atoms with Crippen LogP contribution in [0, 0.1) is 3.57 Å². The van der Waals surface area contributed by atoms with Crippen LogP contribution in [0.5, 0.6) is 0 Å². The number of hydrogen-bond acceptors (Lipinski definition) is 2. The molecule has 1 amide bonds. The normalized spacial score (nSPS) is 17.1. The number of amides is 1. The Hall–Kier alpha value is -0.230. The third-order valence-electron chi connectivity index (χ3n) is 2.68. The van der Waals surface area contributed by atoms with E-state index in [4.69, 9.17) is 0 Å². The first-order chi connectivity index (χ1) is 7.77. The van der Waals surface area contributed by atoms with Crippen molar-refractivity contribution in [1.82, 2.24) is 5.32 Å². The van der Waals surface area contributed by atoms with Crippen molar-refractivity contribution in [3.8, 4) is 0 Å². The minimum Gasteiger partial charge on any atom is -0.349 e. The molecule has 1 aromatic rings. The Balaban J connectivity index is 2.00. The summed E-state index contributed by atoms with van der Waals surface area (Å²) in [5.41, 5.74) is 0.793. The van der Waals surface area contributed by atoms with Gasteiger partial charge in [0.1, 0.15) is 0 Å². The Morgan fingerprint density at radius 2 is 2.00 bits per heavy atom. The number of carbonyl (C=O) groups excluding carboxylic acids is 1. The van der Waals surface area contributed by atoms with E-state index in [9.17, 15) is 4.79 Å². The average molecular weight is 347 g/mol. The molecule has 0 unspecified atom stereocenters. The summed E-state index contributed by atoms with van der Waals surface area (Å²) in [5, 5.41) is 3.12. The molecular weight excluding hydrogens is 333 g/mol. The maximum absolute atomic E-state index is 12.0. The molecule has 0 saturated carbocycles. The Morgan fingerprint density at radius 1 is 1.31 bits per heavy atom. The molecule has 4 heteroatoms. The molecule has 1 fully saturated rings. The highest BCUT2D eigenvalue weighted by atomic mass is 127. The minimum atomic E-state index is 0.0712. The number of thioether (sulfide) groups is 1. The molecule has 0 aliphatic carbocycles. The molecule has 1 heterocycles. The quantitative estimate of drug-likeness (QED) is 0.834. The number of hydrogen-bond donors (Lipinski definition) is 1. The first-order valence-corrected chi connectivity index (χ1v) is 7.64. The molecule has 86 valence electrons. The standard InChI is InChI=1S/C12H14INOS/c13-11-4-2-1-3-10(11)12(15)14-9-5-7-16-8-6-9/h1-4,9H,5-8H2,(H,14,15). The van der Waals surface area contributed by atoms with Gasteiger partial charge in [0.15, 0.2) is 0 Å².